The van der Waals surface area contributed by atoms with Gasteiger partial charge in [0.1, 0.15) is 5.82 Å². The predicted octanol–water partition coefficient (Wildman–Crippen LogP) is 2.02. The molecule has 1 N–H and O–H groups in total. The first-order valence-electron chi connectivity index (χ1n) is 3.81. The number of nitrogens with one attached hydrogen (secondary N) is 1. The zero-order valence-corrected chi connectivity index (χ0v) is 7.94. The van der Waals surface area contributed by atoms with E-state index in [9.17, 15) is 4.39 Å². The first-order chi connectivity index (χ1) is 5.77. The molecule has 4 heteroatoms. The molecule has 2 rings (SSSR count). The van der Waals surface area contributed by atoms with Gasteiger partial charge < -0.3 is 5.32 Å². The Morgan fingerprint density at radius 1 is 1.67 bits per heavy atom. The Morgan fingerprint density at radius 3 is 2.92 bits per heavy atom. The van der Waals surface area contributed by atoms with E-state index in [1.54, 1.807) is 6.20 Å². The fourth-order valence-electron chi connectivity index (χ4n) is 1.20. The molecule has 0 saturated carbocycles. The van der Waals surface area contributed by atoms with Gasteiger partial charge in [0.2, 0.25) is 0 Å². The summed E-state index contributed by atoms with van der Waals surface area (Å²) in [7, 11) is 0. The topological polar surface area (TPSA) is 24.9 Å². The summed E-state index contributed by atoms with van der Waals surface area (Å²) in [6, 6.07) is 1.57. The lowest BCUT2D eigenvalue weighted by molar-refractivity contribution is 0.360. The van der Waals surface area contributed by atoms with Crippen LogP contribution in [0.4, 0.5) is 4.39 Å². The van der Waals surface area contributed by atoms with E-state index in [2.05, 4.69) is 26.2 Å². The fraction of sp³-hybridized carbons (Fsp3) is 0.375. The normalized spacial score (nSPS) is 22.0. The molecule has 1 aliphatic heterocycles. The van der Waals surface area contributed by atoms with E-state index in [0.717, 1.165) is 13.0 Å². The summed E-state index contributed by atoms with van der Waals surface area (Å²) >= 11 is 3.16. The molecule has 2 nitrogen and oxygen atoms in total. The van der Waals surface area contributed by atoms with Gasteiger partial charge in [-0.05, 0) is 35.0 Å². The van der Waals surface area contributed by atoms with Crippen LogP contribution in [0.2, 0.25) is 0 Å². The first-order valence-corrected chi connectivity index (χ1v) is 4.61. The van der Waals surface area contributed by atoms with Crippen molar-refractivity contribution in [2.24, 2.45) is 0 Å². The van der Waals surface area contributed by atoms with Crippen molar-refractivity contribution in [1.29, 1.82) is 0 Å². The second-order valence-electron chi connectivity index (χ2n) is 2.82. The number of halogens is 2. The van der Waals surface area contributed by atoms with Crippen molar-refractivity contribution in [2.45, 2.75) is 12.5 Å². The molecule has 0 aliphatic carbocycles. The third kappa shape index (κ3) is 1.36. The maximum Gasteiger partial charge on any atom is 0.147 e. The van der Waals surface area contributed by atoms with Crippen LogP contribution in [0.15, 0.2) is 16.7 Å². The van der Waals surface area contributed by atoms with Gasteiger partial charge in [-0.1, -0.05) is 0 Å². The highest BCUT2D eigenvalue weighted by Gasteiger charge is 2.22. The van der Waals surface area contributed by atoms with Gasteiger partial charge in [-0.25, -0.2) is 4.39 Å². The van der Waals surface area contributed by atoms with Crippen molar-refractivity contribution in [3.05, 3.63) is 28.2 Å². The molecule has 1 aromatic heterocycles. The molecule has 1 saturated heterocycles. The van der Waals surface area contributed by atoms with Gasteiger partial charge in [0.05, 0.1) is 11.7 Å². The second kappa shape index (κ2) is 3.11. The molecular formula is C8H8BrFN2. The molecular weight excluding hydrogens is 223 g/mol. The summed E-state index contributed by atoms with van der Waals surface area (Å²) in [5, 5.41) is 3.10. The molecule has 2 heterocycles. The van der Waals surface area contributed by atoms with Crippen molar-refractivity contribution in [1.82, 2.24) is 10.3 Å². The molecule has 12 heavy (non-hydrogen) atoms. The van der Waals surface area contributed by atoms with Gasteiger partial charge in [-0.3, -0.25) is 4.98 Å². The van der Waals surface area contributed by atoms with Gasteiger partial charge in [0, 0.05) is 10.7 Å². The summed E-state index contributed by atoms with van der Waals surface area (Å²) in [6.07, 6.45) is 2.60. The van der Waals surface area contributed by atoms with Crippen LogP contribution in [0.25, 0.3) is 0 Å². The lowest BCUT2D eigenvalue weighted by atomic mass is 10.0. The van der Waals surface area contributed by atoms with Gasteiger partial charge in [0.25, 0.3) is 0 Å². The van der Waals surface area contributed by atoms with Crippen LogP contribution in [0.5, 0.6) is 0 Å². The van der Waals surface area contributed by atoms with Crippen LogP contribution in [-0.4, -0.2) is 11.5 Å². The number of aromatic nitrogens is 1. The predicted molar refractivity (Wildman–Crippen MR) is 47.3 cm³/mol. The lowest BCUT2D eigenvalue weighted by Crippen LogP contribution is -2.36. The summed E-state index contributed by atoms with van der Waals surface area (Å²) in [5.74, 6) is -0.235. The number of rotatable bonds is 1. The smallest absolute Gasteiger partial charge is 0.147 e. The molecule has 1 fully saturated rings. The van der Waals surface area contributed by atoms with Gasteiger partial charge in [-0.2, -0.15) is 0 Å². The van der Waals surface area contributed by atoms with E-state index >= 15 is 0 Å². The van der Waals surface area contributed by atoms with Gasteiger partial charge >= 0.3 is 0 Å². The zero-order chi connectivity index (χ0) is 8.55. The Balaban J connectivity index is 2.31. The molecule has 0 spiro atoms. The fourth-order valence-corrected chi connectivity index (χ4v) is 1.51. The highest BCUT2D eigenvalue weighted by molar-refractivity contribution is 9.10. The minimum atomic E-state index is -0.235. The van der Waals surface area contributed by atoms with Crippen molar-refractivity contribution >= 4 is 15.9 Å². The Kier molecular flexibility index (Phi) is 2.11. The molecule has 1 aromatic rings. The standard InChI is InChI=1S/C8H8BrFN2/c9-5-3-6(10)8(12-4-5)7-1-2-11-7/h3-4,7,11H,1-2H2. The summed E-state index contributed by atoms with van der Waals surface area (Å²) in [6.45, 7) is 0.960. The van der Waals surface area contributed by atoms with Crippen LogP contribution >= 0.6 is 15.9 Å². The third-order valence-electron chi connectivity index (χ3n) is 1.99. The SMILES string of the molecule is Fc1cc(Br)cnc1C1CCN1. The van der Waals surface area contributed by atoms with Crippen molar-refractivity contribution < 1.29 is 4.39 Å². The van der Waals surface area contributed by atoms with Crippen LogP contribution in [0, 0.1) is 5.82 Å². The molecule has 0 amide bonds. The van der Waals surface area contributed by atoms with Crippen molar-refractivity contribution in [3.8, 4) is 0 Å². The molecule has 1 atom stereocenters. The molecule has 1 unspecified atom stereocenters. The molecule has 0 aromatic carbocycles. The Hall–Kier alpha value is -0.480. The van der Waals surface area contributed by atoms with E-state index in [1.165, 1.54) is 6.07 Å². The lowest BCUT2D eigenvalue weighted by Gasteiger charge is -2.27. The second-order valence-corrected chi connectivity index (χ2v) is 3.73. The van der Waals surface area contributed by atoms with Crippen molar-refractivity contribution in [2.75, 3.05) is 6.54 Å². The van der Waals surface area contributed by atoms with Gasteiger partial charge in [0.15, 0.2) is 0 Å². The molecule has 64 valence electrons. The van der Waals surface area contributed by atoms with E-state index in [-0.39, 0.29) is 11.9 Å². The van der Waals surface area contributed by atoms with E-state index in [0.29, 0.717) is 10.2 Å². The number of hydrogen-bond acceptors (Lipinski definition) is 2. The van der Waals surface area contributed by atoms with Gasteiger partial charge in [-0.15, -0.1) is 0 Å². The highest BCUT2D eigenvalue weighted by atomic mass is 79.9. The average molecular weight is 231 g/mol. The Bertz CT molecular complexity index is 299. The number of nitrogens with zero attached hydrogens (tertiary/aromatic N) is 1. The van der Waals surface area contributed by atoms with Crippen LogP contribution < -0.4 is 5.32 Å². The minimum absolute atomic E-state index is 0.123. The van der Waals surface area contributed by atoms with E-state index in [4.69, 9.17) is 0 Å². The van der Waals surface area contributed by atoms with Crippen LogP contribution in [-0.2, 0) is 0 Å². The monoisotopic (exact) mass is 230 g/mol. The van der Waals surface area contributed by atoms with Crippen molar-refractivity contribution in [3.63, 3.8) is 0 Å². The number of pyridine rings is 1. The zero-order valence-electron chi connectivity index (χ0n) is 6.35. The van der Waals surface area contributed by atoms with E-state index in [1.807, 2.05) is 0 Å². The minimum Gasteiger partial charge on any atom is -0.308 e. The van der Waals surface area contributed by atoms with E-state index < -0.39 is 0 Å². The number of hydrogen-bond donors (Lipinski definition) is 1. The molecule has 0 radical (unpaired) electrons. The Morgan fingerprint density at radius 2 is 2.42 bits per heavy atom. The molecule has 1 aliphatic rings. The summed E-state index contributed by atoms with van der Waals surface area (Å²) in [5.41, 5.74) is 0.532. The maximum absolute atomic E-state index is 13.2. The van der Waals surface area contributed by atoms with Crippen LogP contribution in [0.3, 0.4) is 0 Å². The maximum atomic E-state index is 13.2. The summed E-state index contributed by atoms with van der Waals surface area (Å²) in [4.78, 5) is 4.02. The largest absolute Gasteiger partial charge is 0.308 e. The van der Waals surface area contributed by atoms with Crippen LogP contribution in [0.1, 0.15) is 18.2 Å². The quantitative estimate of drug-likeness (QED) is 0.799. The Labute approximate surface area is 78.3 Å². The molecule has 0 bridgehead atoms. The third-order valence-corrected chi connectivity index (χ3v) is 2.42. The first kappa shape index (κ1) is 8.13. The average Bonchev–Trinajstić information content (AvgIpc) is 1.91. The summed E-state index contributed by atoms with van der Waals surface area (Å²) < 4.78 is 13.9. The highest BCUT2D eigenvalue weighted by Crippen LogP contribution is 2.24.